The lowest BCUT2D eigenvalue weighted by atomic mass is 10.1. The molecule has 0 fully saturated rings. The summed E-state index contributed by atoms with van der Waals surface area (Å²) in [5.41, 5.74) is -0.648. The standard InChI is InChI=1S/C9H14O3/c1-7(8(10)11)5-4-6-9(2,3)12/h4-6,12H,1-3H3,(H,10,11)/b6-4+,7-5+. The average Bonchev–Trinajstić information content (AvgIpc) is 1.84. The van der Waals surface area contributed by atoms with Crippen LogP contribution in [0.4, 0.5) is 0 Å². The number of carboxylic acids is 1. The summed E-state index contributed by atoms with van der Waals surface area (Å²) < 4.78 is 0. The highest BCUT2D eigenvalue weighted by atomic mass is 16.4. The molecule has 68 valence electrons. The largest absolute Gasteiger partial charge is 0.478 e. The van der Waals surface area contributed by atoms with Crippen LogP contribution in [0.5, 0.6) is 0 Å². The molecule has 0 atom stereocenters. The molecule has 0 aromatic rings. The number of rotatable bonds is 3. The normalized spacial score (nSPS) is 13.8. The number of hydrogen-bond donors (Lipinski definition) is 2. The summed E-state index contributed by atoms with van der Waals surface area (Å²) in [6.45, 7) is 4.73. The molecule has 0 aliphatic rings. The number of allylic oxidation sites excluding steroid dienone is 2. The lowest BCUT2D eigenvalue weighted by molar-refractivity contribution is -0.132. The van der Waals surface area contributed by atoms with Crippen molar-refractivity contribution in [2.45, 2.75) is 26.4 Å². The van der Waals surface area contributed by atoms with Gasteiger partial charge >= 0.3 is 5.97 Å². The zero-order valence-electron chi connectivity index (χ0n) is 7.53. The first-order chi connectivity index (χ1) is 5.33. The maximum atomic E-state index is 10.3. The Kier molecular flexibility index (Phi) is 3.70. The molecular formula is C9H14O3. The summed E-state index contributed by atoms with van der Waals surface area (Å²) in [6.07, 6.45) is 4.50. The Morgan fingerprint density at radius 3 is 2.25 bits per heavy atom. The van der Waals surface area contributed by atoms with E-state index < -0.39 is 11.6 Å². The van der Waals surface area contributed by atoms with E-state index in [4.69, 9.17) is 5.11 Å². The predicted octanol–water partition coefficient (Wildman–Crippen LogP) is 1.34. The molecule has 0 rings (SSSR count). The molecule has 0 aliphatic heterocycles. The summed E-state index contributed by atoms with van der Waals surface area (Å²) >= 11 is 0. The van der Waals surface area contributed by atoms with Crippen molar-refractivity contribution in [1.29, 1.82) is 0 Å². The molecule has 3 nitrogen and oxygen atoms in total. The van der Waals surface area contributed by atoms with E-state index in [1.54, 1.807) is 13.8 Å². The Labute approximate surface area is 72.0 Å². The predicted molar refractivity (Wildman–Crippen MR) is 46.8 cm³/mol. The van der Waals surface area contributed by atoms with Crippen LogP contribution in [0.1, 0.15) is 20.8 Å². The minimum absolute atomic E-state index is 0.246. The molecule has 0 saturated carbocycles. The van der Waals surface area contributed by atoms with Crippen molar-refractivity contribution in [3.05, 3.63) is 23.8 Å². The van der Waals surface area contributed by atoms with E-state index in [0.29, 0.717) is 0 Å². The molecule has 0 amide bonds. The van der Waals surface area contributed by atoms with Crippen molar-refractivity contribution >= 4 is 5.97 Å². The van der Waals surface area contributed by atoms with Gasteiger partial charge in [-0.3, -0.25) is 0 Å². The van der Waals surface area contributed by atoms with Gasteiger partial charge in [-0.15, -0.1) is 0 Å². The molecule has 0 saturated heterocycles. The summed E-state index contributed by atoms with van der Waals surface area (Å²) in [7, 11) is 0. The van der Waals surface area contributed by atoms with E-state index in [-0.39, 0.29) is 5.57 Å². The molecule has 0 aromatic heterocycles. The van der Waals surface area contributed by atoms with Crippen molar-refractivity contribution in [1.82, 2.24) is 0 Å². The van der Waals surface area contributed by atoms with Gasteiger partial charge in [-0.2, -0.15) is 0 Å². The summed E-state index contributed by atoms with van der Waals surface area (Å²) in [6, 6.07) is 0. The number of carbonyl (C=O) groups is 1. The topological polar surface area (TPSA) is 57.5 Å². The van der Waals surface area contributed by atoms with Crippen LogP contribution >= 0.6 is 0 Å². The third-order valence-corrected chi connectivity index (χ3v) is 1.19. The van der Waals surface area contributed by atoms with Crippen LogP contribution in [-0.2, 0) is 4.79 Å². The number of carboxylic acid groups (broad SMARTS) is 1. The SMILES string of the molecule is C/C(=C\C=C\C(C)(C)O)C(=O)O. The first-order valence-corrected chi connectivity index (χ1v) is 3.65. The Bertz CT molecular complexity index is 218. The third kappa shape index (κ3) is 5.68. The Morgan fingerprint density at radius 1 is 1.42 bits per heavy atom. The van der Waals surface area contributed by atoms with Crippen LogP contribution in [0, 0.1) is 0 Å². The molecule has 0 aromatic carbocycles. The molecule has 0 spiro atoms. The molecule has 0 bridgehead atoms. The van der Waals surface area contributed by atoms with Gasteiger partial charge < -0.3 is 10.2 Å². The number of hydrogen-bond acceptors (Lipinski definition) is 2. The molecule has 2 N–H and O–H groups in total. The van der Waals surface area contributed by atoms with Gasteiger partial charge in [0.1, 0.15) is 0 Å². The summed E-state index contributed by atoms with van der Waals surface area (Å²) in [5.74, 6) is -0.949. The first kappa shape index (κ1) is 10.9. The second-order valence-corrected chi connectivity index (χ2v) is 3.17. The second-order valence-electron chi connectivity index (χ2n) is 3.17. The average molecular weight is 170 g/mol. The van der Waals surface area contributed by atoms with E-state index >= 15 is 0 Å². The smallest absolute Gasteiger partial charge is 0.331 e. The van der Waals surface area contributed by atoms with E-state index in [1.807, 2.05) is 0 Å². The maximum absolute atomic E-state index is 10.3. The summed E-state index contributed by atoms with van der Waals surface area (Å²) in [5, 5.41) is 17.7. The fourth-order valence-corrected chi connectivity index (χ4v) is 0.499. The molecule has 0 aliphatic carbocycles. The van der Waals surface area contributed by atoms with Gasteiger partial charge in [0.2, 0.25) is 0 Å². The third-order valence-electron chi connectivity index (χ3n) is 1.19. The zero-order valence-corrected chi connectivity index (χ0v) is 7.53. The van der Waals surface area contributed by atoms with E-state index in [1.165, 1.54) is 25.2 Å². The van der Waals surface area contributed by atoms with Crippen LogP contribution in [0.15, 0.2) is 23.8 Å². The highest BCUT2D eigenvalue weighted by Crippen LogP contribution is 2.03. The molecule has 0 radical (unpaired) electrons. The van der Waals surface area contributed by atoms with Gasteiger partial charge in [0.15, 0.2) is 0 Å². The van der Waals surface area contributed by atoms with Crippen molar-refractivity contribution < 1.29 is 15.0 Å². The Balaban J connectivity index is 4.23. The maximum Gasteiger partial charge on any atom is 0.331 e. The van der Waals surface area contributed by atoms with E-state index in [2.05, 4.69) is 0 Å². The van der Waals surface area contributed by atoms with Crippen LogP contribution in [0.25, 0.3) is 0 Å². The fourth-order valence-electron chi connectivity index (χ4n) is 0.499. The number of aliphatic hydroxyl groups is 1. The highest BCUT2D eigenvalue weighted by molar-refractivity contribution is 5.86. The van der Waals surface area contributed by atoms with Crippen molar-refractivity contribution in [3.8, 4) is 0 Å². The lowest BCUT2D eigenvalue weighted by Crippen LogP contribution is -2.13. The van der Waals surface area contributed by atoms with Crippen LogP contribution in [0.2, 0.25) is 0 Å². The minimum Gasteiger partial charge on any atom is -0.478 e. The highest BCUT2D eigenvalue weighted by Gasteiger charge is 2.04. The van der Waals surface area contributed by atoms with Gasteiger partial charge in [-0.25, -0.2) is 4.79 Å². The van der Waals surface area contributed by atoms with Crippen LogP contribution in [0.3, 0.4) is 0 Å². The fraction of sp³-hybridized carbons (Fsp3) is 0.444. The van der Waals surface area contributed by atoms with Gasteiger partial charge in [-0.05, 0) is 20.8 Å². The van der Waals surface area contributed by atoms with Gasteiger partial charge in [0, 0.05) is 5.57 Å². The monoisotopic (exact) mass is 170 g/mol. The molecule has 0 heterocycles. The van der Waals surface area contributed by atoms with Crippen molar-refractivity contribution in [3.63, 3.8) is 0 Å². The Hall–Kier alpha value is -1.09. The molecule has 0 unspecified atom stereocenters. The first-order valence-electron chi connectivity index (χ1n) is 3.65. The van der Waals surface area contributed by atoms with E-state index in [0.717, 1.165) is 0 Å². The van der Waals surface area contributed by atoms with Gasteiger partial charge in [-0.1, -0.05) is 18.2 Å². The van der Waals surface area contributed by atoms with Crippen LogP contribution in [-0.4, -0.2) is 21.8 Å². The summed E-state index contributed by atoms with van der Waals surface area (Å²) in [4.78, 5) is 10.3. The van der Waals surface area contributed by atoms with Gasteiger partial charge in [0.05, 0.1) is 5.60 Å². The molecule has 12 heavy (non-hydrogen) atoms. The van der Waals surface area contributed by atoms with Crippen LogP contribution < -0.4 is 0 Å². The quantitative estimate of drug-likeness (QED) is 0.496. The number of aliphatic carboxylic acids is 1. The lowest BCUT2D eigenvalue weighted by Gasteiger charge is -2.08. The molecule has 3 heteroatoms. The molecular weight excluding hydrogens is 156 g/mol. The van der Waals surface area contributed by atoms with E-state index in [9.17, 15) is 9.90 Å². The minimum atomic E-state index is -0.949. The van der Waals surface area contributed by atoms with Crippen molar-refractivity contribution in [2.75, 3.05) is 0 Å². The van der Waals surface area contributed by atoms with Gasteiger partial charge in [0.25, 0.3) is 0 Å². The van der Waals surface area contributed by atoms with Crippen molar-refractivity contribution in [2.24, 2.45) is 0 Å². The zero-order chi connectivity index (χ0) is 9.78. The second kappa shape index (κ2) is 4.07. The Morgan fingerprint density at radius 2 is 1.92 bits per heavy atom.